The van der Waals surface area contributed by atoms with E-state index in [9.17, 15) is 5.11 Å². The Morgan fingerprint density at radius 2 is 2.00 bits per heavy atom. The first kappa shape index (κ1) is 10.9. The van der Waals surface area contributed by atoms with Gasteiger partial charge < -0.3 is 19.5 Å². The Kier molecular flexibility index (Phi) is 2.49. The van der Waals surface area contributed by atoms with Crippen molar-refractivity contribution in [2.75, 3.05) is 33.4 Å². The van der Waals surface area contributed by atoms with E-state index in [-0.39, 0.29) is 0 Å². The van der Waals surface area contributed by atoms with Crippen LogP contribution in [0.2, 0.25) is 0 Å². The maximum atomic E-state index is 10.6. The topological polar surface area (TPSA) is 41.9 Å². The maximum absolute atomic E-state index is 10.6. The second-order valence-corrected chi connectivity index (χ2v) is 4.88. The summed E-state index contributed by atoms with van der Waals surface area (Å²) in [6.45, 7) is 2.77. The molecular formula is C13H17NO3. The van der Waals surface area contributed by atoms with Crippen LogP contribution in [0.4, 0.5) is 0 Å². The van der Waals surface area contributed by atoms with Gasteiger partial charge in [-0.15, -0.1) is 0 Å². The molecule has 17 heavy (non-hydrogen) atoms. The molecule has 2 aliphatic heterocycles. The molecule has 4 nitrogen and oxygen atoms in total. The highest BCUT2D eigenvalue weighted by Gasteiger charge is 2.36. The van der Waals surface area contributed by atoms with Gasteiger partial charge in [0.25, 0.3) is 0 Å². The van der Waals surface area contributed by atoms with Crippen molar-refractivity contribution in [1.29, 1.82) is 0 Å². The zero-order valence-electron chi connectivity index (χ0n) is 9.98. The van der Waals surface area contributed by atoms with Gasteiger partial charge in [-0.1, -0.05) is 6.07 Å². The Hall–Kier alpha value is -1.26. The summed E-state index contributed by atoms with van der Waals surface area (Å²) in [5.41, 5.74) is 0.177. The smallest absolute Gasteiger partial charge is 0.161 e. The molecule has 1 N–H and O–H groups in total. The molecule has 1 aromatic rings. The van der Waals surface area contributed by atoms with Crippen LogP contribution in [0.3, 0.4) is 0 Å². The van der Waals surface area contributed by atoms with Crippen LogP contribution in [0.1, 0.15) is 12.0 Å². The summed E-state index contributed by atoms with van der Waals surface area (Å²) in [5, 5.41) is 10.6. The minimum absolute atomic E-state index is 0.578. The molecule has 0 bridgehead atoms. The fraction of sp³-hybridized carbons (Fsp3) is 0.538. The van der Waals surface area contributed by atoms with Crippen molar-refractivity contribution < 1.29 is 14.6 Å². The van der Waals surface area contributed by atoms with Gasteiger partial charge in [-0.3, -0.25) is 0 Å². The number of nitrogens with zero attached hydrogens (tertiary/aromatic N) is 1. The number of fused-ring (bicyclic) bond motifs is 1. The van der Waals surface area contributed by atoms with Crippen LogP contribution >= 0.6 is 0 Å². The molecule has 0 aliphatic carbocycles. The third-order valence-electron chi connectivity index (χ3n) is 3.52. The highest BCUT2D eigenvalue weighted by atomic mass is 16.6. The van der Waals surface area contributed by atoms with Crippen LogP contribution < -0.4 is 9.47 Å². The summed E-state index contributed by atoms with van der Waals surface area (Å²) in [7, 11) is 2.02. The summed E-state index contributed by atoms with van der Waals surface area (Å²) in [5.74, 6) is 1.52. The molecule has 0 saturated carbocycles. The monoisotopic (exact) mass is 235 g/mol. The van der Waals surface area contributed by atoms with E-state index < -0.39 is 5.60 Å². The number of hydrogen-bond donors (Lipinski definition) is 1. The minimum atomic E-state index is -0.745. The molecule has 1 unspecified atom stereocenters. The van der Waals surface area contributed by atoms with Gasteiger partial charge in [-0.2, -0.15) is 0 Å². The molecule has 3 rings (SSSR count). The minimum Gasteiger partial charge on any atom is -0.486 e. The molecule has 0 radical (unpaired) electrons. The average Bonchev–Trinajstić information content (AvgIpc) is 2.70. The molecule has 1 atom stereocenters. The van der Waals surface area contributed by atoms with Crippen molar-refractivity contribution in [2.24, 2.45) is 0 Å². The zero-order valence-corrected chi connectivity index (χ0v) is 9.98. The van der Waals surface area contributed by atoms with Gasteiger partial charge in [0.1, 0.15) is 18.8 Å². The van der Waals surface area contributed by atoms with E-state index in [0.29, 0.717) is 19.8 Å². The molecule has 0 spiro atoms. The predicted molar refractivity (Wildman–Crippen MR) is 63.4 cm³/mol. The summed E-state index contributed by atoms with van der Waals surface area (Å²) >= 11 is 0. The van der Waals surface area contributed by atoms with Crippen molar-refractivity contribution in [2.45, 2.75) is 12.0 Å². The molecule has 4 heteroatoms. The Balaban J connectivity index is 1.93. The van der Waals surface area contributed by atoms with Crippen LogP contribution in [0.15, 0.2) is 18.2 Å². The van der Waals surface area contributed by atoms with Gasteiger partial charge in [0, 0.05) is 13.1 Å². The lowest BCUT2D eigenvalue weighted by Crippen LogP contribution is -2.29. The van der Waals surface area contributed by atoms with E-state index in [1.54, 1.807) is 0 Å². The Labute approximate surface area is 101 Å². The van der Waals surface area contributed by atoms with Crippen molar-refractivity contribution in [3.63, 3.8) is 0 Å². The third-order valence-corrected chi connectivity index (χ3v) is 3.52. The van der Waals surface area contributed by atoms with Crippen molar-refractivity contribution in [3.05, 3.63) is 23.8 Å². The number of aliphatic hydroxyl groups is 1. The fourth-order valence-corrected chi connectivity index (χ4v) is 2.55. The zero-order chi connectivity index (χ0) is 11.9. The van der Waals surface area contributed by atoms with Crippen LogP contribution in [-0.4, -0.2) is 43.4 Å². The standard InChI is InChI=1S/C13H17NO3/c1-14-5-4-13(15,9-14)10-2-3-11-12(8-10)17-7-6-16-11/h2-3,8,15H,4-7,9H2,1H3. The highest BCUT2D eigenvalue weighted by Crippen LogP contribution is 2.37. The van der Waals surface area contributed by atoms with Crippen LogP contribution in [0.25, 0.3) is 0 Å². The molecule has 2 aliphatic rings. The number of hydrogen-bond acceptors (Lipinski definition) is 4. The summed E-state index contributed by atoms with van der Waals surface area (Å²) in [6, 6.07) is 5.74. The number of rotatable bonds is 1. The third kappa shape index (κ3) is 1.87. The van der Waals surface area contributed by atoms with Crippen molar-refractivity contribution >= 4 is 0 Å². The van der Waals surface area contributed by atoms with E-state index in [2.05, 4.69) is 4.90 Å². The van der Waals surface area contributed by atoms with E-state index in [4.69, 9.17) is 9.47 Å². The van der Waals surface area contributed by atoms with Crippen molar-refractivity contribution in [1.82, 2.24) is 4.90 Å². The predicted octanol–water partition coefficient (Wildman–Crippen LogP) is 0.981. The van der Waals surface area contributed by atoms with Gasteiger partial charge in [-0.25, -0.2) is 0 Å². The van der Waals surface area contributed by atoms with Gasteiger partial charge in [0.2, 0.25) is 0 Å². The first-order valence-corrected chi connectivity index (χ1v) is 5.98. The fourth-order valence-electron chi connectivity index (χ4n) is 2.55. The largest absolute Gasteiger partial charge is 0.486 e. The number of benzene rings is 1. The molecule has 92 valence electrons. The van der Waals surface area contributed by atoms with Crippen molar-refractivity contribution in [3.8, 4) is 11.5 Å². The number of β-amino-alcohol motifs (C(OH)–C–C–N with tert-alkyl or cyclic N) is 1. The molecule has 0 amide bonds. The molecule has 1 aromatic carbocycles. The normalized spacial score (nSPS) is 28.4. The maximum Gasteiger partial charge on any atom is 0.161 e. The summed E-state index contributed by atoms with van der Waals surface area (Å²) < 4.78 is 11.0. The first-order chi connectivity index (χ1) is 8.17. The Bertz CT molecular complexity index is 435. The Morgan fingerprint density at radius 1 is 1.24 bits per heavy atom. The number of ether oxygens (including phenoxy) is 2. The van der Waals surface area contributed by atoms with Gasteiger partial charge in [-0.05, 0) is 31.2 Å². The van der Waals surface area contributed by atoms with Gasteiger partial charge in [0.05, 0.1) is 0 Å². The van der Waals surface area contributed by atoms with E-state index in [1.807, 2.05) is 25.2 Å². The van der Waals surface area contributed by atoms with Crippen LogP contribution in [0.5, 0.6) is 11.5 Å². The number of likely N-dealkylation sites (N-methyl/N-ethyl adjacent to an activating group) is 1. The quantitative estimate of drug-likeness (QED) is 0.788. The van der Waals surface area contributed by atoms with E-state index >= 15 is 0 Å². The molecule has 1 fully saturated rings. The van der Waals surface area contributed by atoms with E-state index in [0.717, 1.165) is 30.0 Å². The molecule has 2 heterocycles. The summed E-state index contributed by atoms with van der Waals surface area (Å²) in [4.78, 5) is 2.14. The second kappa shape index (κ2) is 3.89. The van der Waals surface area contributed by atoms with E-state index in [1.165, 1.54) is 0 Å². The number of likely N-dealkylation sites (tertiary alicyclic amines) is 1. The highest BCUT2D eigenvalue weighted by molar-refractivity contribution is 5.45. The SMILES string of the molecule is CN1CCC(O)(c2ccc3c(c2)OCCO3)C1. The lowest BCUT2D eigenvalue weighted by Gasteiger charge is -2.25. The van der Waals surface area contributed by atoms with Gasteiger partial charge in [0.15, 0.2) is 11.5 Å². The Morgan fingerprint density at radius 3 is 2.71 bits per heavy atom. The average molecular weight is 235 g/mol. The summed E-state index contributed by atoms with van der Waals surface area (Å²) in [6.07, 6.45) is 0.767. The molecule has 0 aromatic heterocycles. The lowest BCUT2D eigenvalue weighted by molar-refractivity contribution is 0.0482. The first-order valence-electron chi connectivity index (χ1n) is 5.98. The van der Waals surface area contributed by atoms with Crippen LogP contribution in [-0.2, 0) is 5.60 Å². The molecular weight excluding hydrogens is 218 g/mol. The van der Waals surface area contributed by atoms with Crippen LogP contribution in [0, 0.1) is 0 Å². The molecule has 1 saturated heterocycles. The second-order valence-electron chi connectivity index (χ2n) is 4.88. The lowest BCUT2D eigenvalue weighted by atomic mass is 9.92. The van der Waals surface area contributed by atoms with Gasteiger partial charge >= 0.3 is 0 Å².